The molecule has 1 heterocycles. The Labute approximate surface area is 69.5 Å². The second-order valence-electron chi connectivity index (χ2n) is 1.75. The fourth-order valence-electron chi connectivity index (χ4n) is 0.611. The van der Waals surface area contributed by atoms with Crippen molar-refractivity contribution in [3.8, 4) is 0 Å². The molecule has 2 rings (SSSR count). The van der Waals surface area contributed by atoms with Crippen molar-refractivity contribution in [3.63, 3.8) is 0 Å². The first kappa shape index (κ1) is 8.29. The van der Waals surface area contributed by atoms with Crippen molar-refractivity contribution in [2.75, 3.05) is 0 Å². The number of rotatable bonds is 0. The molecule has 0 spiro atoms. The van der Waals surface area contributed by atoms with Crippen LogP contribution in [0.4, 0.5) is 0 Å². The van der Waals surface area contributed by atoms with Gasteiger partial charge in [0.2, 0.25) is 0 Å². The van der Waals surface area contributed by atoms with E-state index in [1.165, 1.54) is 9.79 Å². The SMILES string of the molecule is O=S(=O)=O.c1ccc2c(c1)S2. The fourth-order valence-corrected chi connectivity index (χ4v) is 1.23. The first-order chi connectivity index (χ1) is 5.20. The van der Waals surface area contributed by atoms with E-state index in [0.717, 1.165) is 0 Å². The van der Waals surface area contributed by atoms with Gasteiger partial charge in [-0.3, -0.25) is 0 Å². The predicted molar refractivity (Wildman–Crippen MR) is 40.3 cm³/mol. The molecule has 0 fully saturated rings. The lowest BCUT2D eigenvalue weighted by atomic mass is 10.4. The molecule has 1 aliphatic heterocycles. The van der Waals surface area contributed by atoms with Crippen LogP contribution in [0.25, 0.3) is 0 Å². The van der Waals surface area contributed by atoms with Gasteiger partial charge in [-0.1, -0.05) is 23.9 Å². The highest BCUT2D eigenvalue weighted by molar-refractivity contribution is 8.04. The van der Waals surface area contributed by atoms with Gasteiger partial charge in [0.15, 0.2) is 0 Å². The number of hydrogen-bond donors (Lipinski definition) is 0. The van der Waals surface area contributed by atoms with Crippen LogP contribution in [0.2, 0.25) is 0 Å². The summed E-state index contributed by atoms with van der Waals surface area (Å²) in [5, 5.41) is 0. The van der Waals surface area contributed by atoms with Crippen LogP contribution in [0.1, 0.15) is 0 Å². The Morgan fingerprint density at radius 2 is 1.36 bits per heavy atom. The summed E-state index contributed by atoms with van der Waals surface area (Å²) in [5.41, 5.74) is 0. The average molecular weight is 188 g/mol. The maximum atomic E-state index is 8.44. The van der Waals surface area contributed by atoms with Gasteiger partial charge in [-0.15, -0.1) is 12.6 Å². The molecule has 0 saturated carbocycles. The van der Waals surface area contributed by atoms with E-state index in [9.17, 15) is 0 Å². The minimum absolute atomic E-state index is 1.45. The number of benzene rings is 1. The van der Waals surface area contributed by atoms with Gasteiger partial charge >= 0.3 is 10.6 Å². The molecule has 0 radical (unpaired) electrons. The molecular formula is C6H4O3S2. The minimum Gasteiger partial charge on any atom is -0.142 e. The molecule has 11 heavy (non-hydrogen) atoms. The normalized spacial score (nSPS) is 10.5. The minimum atomic E-state index is -3.11. The Morgan fingerprint density at radius 3 is 1.64 bits per heavy atom. The first-order valence-electron chi connectivity index (χ1n) is 2.74. The predicted octanol–water partition coefficient (Wildman–Crippen LogP) is 1.15. The van der Waals surface area contributed by atoms with Gasteiger partial charge in [0.05, 0.1) is 0 Å². The second-order valence-corrected chi connectivity index (χ2v) is 3.24. The molecule has 5 heteroatoms. The smallest absolute Gasteiger partial charge is 0.142 e. The Bertz CT molecular complexity index is 326. The summed E-state index contributed by atoms with van der Waals surface area (Å²) in [4.78, 5) is 2.89. The molecule has 0 amide bonds. The number of fused-ring (bicyclic) bond motifs is 1. The summed E-state index contributed by atoms with van der Waals surface area (Å²) >= 11 is 1.86. The zero-order chi connectivity index (χ0) is 8.27. The third-order valence-corrected chi connectivity index (χ3v) is 1.98. The van der Waals surface area contributed by atoms with E-state index in [0.29, 0.717) is 0 Å². The van der Waals surface area contributed by atoms with E-state index < -0.39 is 10.6 Å². The Kier molecular flexibility index (Phi) is 2.67. The van der Waals surface area contributed by atoms with Crippen molar-refractivity contribution in [2.24, 2.45) is 0 Å². The van der Waals surface area contributed by atoms with Crippen LogP contribution < -0.4 is 0 Å². The summed E-state index contributed by atoms with van der Waals surface area (Å²) < 4.78 is 25.3. The van der Waals surface area contributed by atoms with Crippen LogP contribution in [-0.4, -0.2) is 12.6 Å². The van der Waals surface area contributed by atoms with Crippen LogP contribution >= 0.6 is 11.8 Å². The van der Waals surface area contributed by atoms with Crippen molar-refractivity contribution in [2.45, 2.75) is 9.79 Å². The maximum Gasteiger partial charge on any atom is 0.425 e. The molecule has 3 nitrogen and oxygen atoms in total. The highest BCUT2D eigenvalue weighted by atomic mass is 32.2. The Hall–Kier alpha value is -0.810. The highest BCUT2D eigenvalue weighted by Crippen LogP contribution is 2.47. The van der Waals surface area contributed by atoms with Gasteiger partial charge in [-0.05, 0) is 12.1 Å². The summed E-state index contributed by atoms with van der Waals surface area (Å²) in [5.74, 6) is 0. The van der Waals surface area contributed by atoms with E-state index in [-0.39, 0.29) is 0 Å². The quantitative estimate of drug-likeness (QED) is 0.582. The third kappa shape index (κ3) is 3.20. The molecule has 0 unspecified atom stereocenters. The van der Waals surface area contributed by atoms with Gasteiger partial charge in [-0.25, -0.2) is 0 Å². The molecule has 0 N–H and O–H groups in total. The van der Waals surface area contributed by atoms with Crippen molar-refractivity contribution in [1.82, 2.24) is 0 Å². The standard InChI is InChI=1S/C6H4S.O3S/c1-2-4-6-5(3-1)7-6;1-4(2)3/h1-4H;. The molecule has 58 valence electrons. The van der Waals surface area contributed by atoms with E-state index in [2.05, 4.69) is 24.3 Å². The van der Waals surface area contributed by atoms with Crippen molar-refractivity contribution >= 4 is 22.4 Å². The largest absolute Gasteiger partial charge is 0.425 e. The van der Waals surface area contributed by atoms with Crippen molar-refractivity contribution in [3.05, 3.63) is 24.3 Å². The first-order valence-corrected chi connectivity index (χ1v) is 4.55. The Morgan fingerprint density at radius 1 is 1.00 bits per heavy atom. The van der Waals surface area contributed by atoms with Crippen molar-refractivity contribution in [1.29, 1.82) is 0 Å². The zero-order valence-corrected chi connectivity index (χ0v) is 6.98. The number of hydrogen-bond acceptors (Lipinski definition) is 4. The van der Waals surface area contributed by atoms with Gasteiger partial charge in [-0.2, -0.15) is 0 Å². The molecule has 0 aromatic heterocycles. The van der Waals surface area contributed by atoms with Gasteiger partial charge in [0.1, 0.15) is 0 Å². The van der Waals surface area contributed by atoms with Gasteiger partial charge in [0.25, 0.3) is 0 Å². The molecule has 0 saturated heterocycles. The van der Waals surface area contributed by atoms with E-state index in [1.807, 2.05) is 11.8 Å². The molecule has 1 aromatic rings. The van der Waals surface area contributed by atoms with Crippen molar-refractivity contribution < 1.29 is 12.6 Å². The Balaban J connectivity index is 0.000000134. The molecule has 0 atom stereocenters. The monoisotopic (exact) mass is 188 g/mol. The van der Waals surface area contributed by atoms with Gasteiger partial charge in [0, 0.05) is 9.79 Å². The lowest BCUT2D eigenvalue weighted by Crippen LogP contribution is -1.46. The van der Waals surface area contributed by atoms with Crippen LogP contribution in [0, 0.1) is 0 Å². The van der Waals surface area contributed by atoms with Gasteiger partial charge < -0.3 is 0 Å². The van der Waals surface area contributed by atoms with E-state index in [1.54, 1.807) is 0 Å². The van der Waals surface area contributed by atoms with Crippen LogP contribution in [0.15, 0.2) is 34.1 Å². The molecule has 1 aliphatic rings. The maximum absolute atomic E-state index is 8.44. The zero-order valence-electron chi connectivity index (χ0n) is 5.35. The third-order valence-electron chi connectivity index (χ3n) is 1.03. The highest BCUT2D eigenvalue weighted by Gasteiger charge is 2.14. The topological polar surface area (TPSA) is 51.2 Å². The second kappa shape index (κ2) is 3.54. The average Bonchev–Trinajstić information content (AvgIpc) is 2.62. The summed E-state index contributed by atoms with van der Waals surface area (Å²) in [7, 11) is -3.11. The van der Waals surface area contributed by atoms with Crippen LogP contribution in [0.3, 0.4) is 0 Å². The van der Waals surface area contributed by atoms with Crippen LogP contribution in [0.5, 0.6) is 0 Å². The summed E-state index contributed by atoms with van der Waals surface area (Å²) in [6.45, 7) is 0. The van der Waals surface area contributed by atoms with E-state index >= 15 is 0 Å². The van der Waals surface area contributed by atoms with Crippen LogP contribution in [-0.2, 0) is 10.6 Å². The molecule has 0 aliphatic carbocycles. The summed E-state index contributed by atoms with van der Waals surface area (Å²) in [6.07, 6.45) is 0. The fraction of sp³-hybridized carbons (Fsp3) is 0. The lowest BCUT2D eigenvalue weighted by molar-refractivity contribution is 0.559. The molecule has 1 aromatic carbocycles. The lowest BCUT2D eigenvalue weighted by Gasteiger charge is -1.66. The molecule has 0 bridgehead atoms. The van der Waals surface area contributed by atoms with E-state index in [4.69, 9.17) is 12.6 Å². The molecular weight excluding hydrogens is 184 g/mol. The summed E-state index contributed by atoms with van der Waals surface area (Å²) in [6, 6.07) is 8.41.